The molecule has 0 spiro atoms. The van der Waals surface area contributed by atoms with E-state index >= 15 is 0 Å². The fraction of sp³-hybridized carbons (Fsp3) is 0.423. The summed E-state index contributed by atoms with van der Waals surface area (Å²) < 4.78 is 5.51. The van der Waals surface area contributed by atoms with Crippen molar-refractivity contribution in [3.05, 3.63) is 59.7 Å². The summed E-state index contributed by atoms with van der Waals surface area (Å²) in [5, 5.41) is 14.9. The minimum atomic E-state index is -0.973. The maximum atomic E-state index is 12.4. The van der Waals surface area contributed by atoms with E-state index in [1.54, 1.807) is 20.8 Å². The second-order valence-electron chi connectivity index (χ2n) is 8.64. The predicted molar refractivity (Wildman–Crippen MR) is 126 cm³/mol. The molecule has 0 saturated heterocycles. The fourth-order valence-electron chi connectivity index (χ4n) is 4.39. The third-order valence-corrected chi connectivity index (χ3v) is 6.63. The molecule has 0 aromatic heterocycles. The van der Waals surface area contributed by atoms with E-state index in [1.165, 1.54) is 0 Å². The van der Waals surface area contributed by atoms with Crippen LogP contribution in [0, 0.1) is 5.41 Å². The number of carboxylic acid groups (broad SMARTS) is 1. The predicted octanol–water partition coefficient (Wildman–Crippen LogP) is 4.31. The number of aliphatic carboxylic acids is 1. The van der Waals surface area contributed by atoms with E-state index in [4.69, 9.17) is 4.74 Å². The number of carbonyl (C=O) groups is 3. The van der Waals surface area contributed by atoms with Gasteiger partial charge >= 0.3 is 12.1 Å². The Labute approximate surface area is 194 Å². The van der Waals surface area contributed by atoms with Crippen LogP contribution in [-0.2, 0) is 14.3 Å². The second kappa shape index (κ2) is 10.5. The highest BCUT2D eigenvalue weighted by molar-refractivity contribution is 5.80. The van der Waals surface area contributed by atoms with E-state index in [2.05, 4.69) is 34.9 Å². The van der Waals surface area contributed by atoms with Crippen molar-refractivity contribution in [3.8, 4) is 11.1 Å². The van der Waals surface area contributed by atoms with Gasteiger partial charge in [0.25, 0.3) is 0 Å². The number of carbonyl (C=O) groups excluding carboxylic acids is 2. The highest BCUT2D eigenvalue weighted by atomic mass is 16.5. The maximum Gasteiger partial charge on any atom is 0.407 e. The number of carboxylic acids is 1. The highest BCUT2D eigenvalue weighted by Crippen LogP contribution is 2.44. The first-order valence-corrected chi connectivity index (χ1v) is 11.4. The van der Waals surface area contributed by atoms with Crippen molar-refractivity contribution >= 4 is 18.0 Å². The van der Waals surface area contributed by atoms with Crippen molar-refractivity contribution in [2.24, 2.45) is 5.41 Å². The normalized spacial score (nSPS) is 13.5. The Morgan fingerprint density at radius 1 is 1.00 bits per heavy atom. The molecule has 0 aliphatic heterocycles. The Morgan fingerprint density at radius 3 is 2.06 bits per heavy atom. The van der Waals surface area contributed by atoms with Gasteiger partial charge in [0, 0.05) is 24.9 Å². The van der Waals surface area contributed by atoms with E-state index in [0.29, 0.717) is 12.8 Å². The summed E-state index contributed by atoms with van der Waals surface area (Å²) in [7, 11) is 0. The lowest BCUT2D eigenvalue weighted by molar-refractivity contribution is -0.149. The van der Waals surface area contributed by atoms with Crippen LogP contribution in [0.2, 0.25) is 0 Å². The van der Waals surface area contributed by atoms with Crippen LogP contribution in [0.15, 0.2) is 48.5 Å². The zero-order chi connectivity index (χ0) is 24.0. The first-order chi connectivity index (χ1) is 15.8. The summed E-state index contributed by atoms with van der Waals surface area (Å²) in [5.74, 6) is -1.26. The quantitative estimate of drug-likeness (QED) is 0.498. The third-order valence-electron chi connectivity index (χ3n) is 6.63. The standard InChI is InChI=1S/C26H32N2O5/c1-4-26(5-2,24(30)31)16-27-23(29)14-17(3)28-25(32)33-15-22-20-12-8-6-10-18(20)19-11-7-9-13-21(19)22/h6-13,17,22H,4-5,14-16H2,1-3H3,(H,27,29)(H,28,32)(H,30,31)/t17-/m1/s1. The largest absolute Gasteiger partial charge is 0.481 e. The maximum absolute atomic E-state index is 12.4. The molecule has 176 valence electrons. The number of benzene rings is 2. The molecule has 1 atom stereocenters. The zero-order valence-corrected chi connectivity index (χ0v) is 19.4. The molecule has 0 saturated carbocycles. The summed E-state index contributed by atoms with van der Waals surface area (Å²) in [5.41, 5.74) is 3.60. The average molecular weight is 453 g/mol. The molecular formula is C26H32N2O5. The van der Waals surface area contributed by atoms with Crippen LogP contribution in [0.3, 0.4) is 0 Å². The van der Waals surface area contributed by atoms with Gasteiger partial charge in [0.05, 0.1) is 5.41 Å². The summed E-state index contributed by atoms with van der Waals surface area (Å²) in [6.45, 7) is 5.57. The topological polar surface area (TPSA) is 105 Å². The van der Waals surface area contributed by atoms with E-state index < -0.39 is 23.5 Å². The van der Waals surface area contributed by atoms with Gasteiger partial charge in [-0.2, -0.15) is 0 Å². The van der Waals surface area contributed by atoms with Crippen molar-refractivity contribution in [1.82, 2.24) is 10.6 Å². The van der Waals surface area contributed by atoms with Gasteiger partial charge in [0.15, 0.2) is 0 Å². The Morgan fingerprint density at radius 2 is 1.55 bits per heavy atom. The summed E-state index contributed by atoms with van der Waals surface area (Å²) in [6.07, 6.45) is 0.297. The minimum Gasteiger partial charge on any atom is -0.481 e. The lowest BCUT2D eigenvalue weighted by Gasteiger charge is -2.27. The van der Waals surface area contributed by atoms with Crippen molar-refractivity contribution in [3.63, 3.8) is 0 Å². The Hall–Kier alpha value is -3.35. The Bertz CT molecular complexity index is 970. The Balaban J connectivity index is 1.50. The van der Waals surface area contributed by atoms with E-state index in [1.807, 2.05) is 24.3 Å². The first kappa shape index (κ1) is 24.3. The van der Waals surface area contributed by atoms with Gasteiger partial charge in [-0.05, 0) is 42.0 Å². The van der Waals surface area contributed by atoms with Crippen LogP contribution < -0.4 is 10.6 Å². The lowest BCUT2D eigenvalue weighted by atomic mass is 9.82. The van der Waals surface area contributed by atoms with Crippen molar-refractivity contribution in [2.75, 3.05) is 13.2 Å². The monoisotopic (exact) mass is 452 g/mol. The molecule has 3 N–H and O–H groups in total. The average Bonchev–Trinajstić information content (AvgIpc) is 3.12. The van der Waals surface area contributed by atoms with E-state index in [9.17, 15) is 19.5 Å². The molecular weight excluding hydrogens is 420 g/mol. The number of hydrogen-bond acceptors (Lipinski definition) is 4. The van der Waals surface area contributed by atoms with E-state index in [0.717, 1.165) is 22.3 Å². The highest BCUT2D eigenvalue weighted by Gasteiger charge is 2.35. The second-order valence-corrected chi connectivity index (χ2v) is 8.64. The third kappa shape index (κ3) is 5.35. The molecule has 0 heterocycles. The lowest BCUT2D eigenvalue weighted by Crippen LogP contribution is -2.44. The van der Waals surface area contributed by atoms with Crippen LogP contribution in [0.4, 0.5) is 4.79 Å². The summed E-state index contributed by atoms with van der Waals surface area (Å²) in [6, 6.07) is 15.8. The van der Waals surface area contributed by atoms with Gasteiger partial charge in [-0.15, -0.1) is 0 Å². The number of fused-ring (bicyclic) bond motifs is 3. The van der Waals surface area contributed by atoms with Crippen molar-refractivity contribution in [2.45, 2.75) is 52.0 Å². The molecule has 1 aliphatic carbocycles. The van der Waals surface area contributed by atoms with Gasteiger partial charge in [0.1, 0.15) is 6.61 Å². The number of nitrogens with one attached hydrogen (secondary N) is 2. The number of rotatable bonds is 10. The fourth-order valence-corrected chi connectivity index (χ4v) is 4.39. The molecule has 7 heteroatoms. The van der Waals surface area contributed by atoms with Crippen LogP contribution in [0.25, 0.3) is 11.1 Å². The van der Waals surface area contributed by atoms with Gasteiger partial charge in [-0.25, -0.2) is 4.79 Å². The molecule has 0 fully saturated rings. The minimum absolute atomic E-state index is 0.0333. The van der Waals surface area contributed by atoms with Gasteiger partial charge in [-0.3, -0.25) is 9.59 Å². The molecule has 3 rings (SSSR count). The molecule has 2 amide bonds. The van der Waals surface area contributed by atoms with Crippen LogP contribution in [-0.4, -0.2) is 42.3 Å². The van der Waals surface area contributed by atoms with Gasteiger partial charge < -0.3 is 20.5 Å². The van der Waals surface area contributed by atoms with E-state index in [-0.39, 0.29) is 31.4 Å². The molecule has 1 aliphatic rings. The molecule has 0 radical (unpaired) electrons. The zero-order valence-electron chi connectivity index (χ0n) is 19.4. The number of alkyl carbamates (subject to hydrolysis) is 1. The molecule has 0 bridgehead atoms. The van der Waals surface area contributed by atoms with Gasteiger partial charge in [-0.1, -0.05) is 62.4 Å². The number of amides is 2. The van der Waals surface area contributed by atoms with Gasteiger partial charge in [0.2, 0.25) is 5.91 Å². The van der Waals surface area contributed by atoms with Crippen molar-refractivity contribution in [1.29, 1.82) is 0 Å². The number of ether oxygens (including phenoxy) is 1. The van der Waals surface area contributed by atoms with Crippen LogP contribution in [0.5, 0.6) is 0 Å². The van der Waals surface area contributed by atoms with Crippen LogP contribution >= 0.6 is 0 Å². The first-order valence-electron chi connectivity index (χ1n) is 11.4. The molecule has 7 nitrogen and oxygen atoms in total. The Kier molecular flexibility index (Phi) is 7.74. The van der Waals surface area contributed by atoms with Crippen molar-refractivity contribution < 1.29 is 24.2 Å². The SMILES string of the molecule is CCC(CC)(CNC(=O)C[C@@H](C)NC(=O)OCC1c2ccccc2-c2ccccc21)C(=O)O. The smallest absolute Gasteiger partial charge is 0.407 e. The summed E-state index contributed by atoms with van der Waals surface area (Å²) >= 11 is 0. The molecule has 2 aromatic rings. The molecule has 2 aromatic carbocycles. The summed E-state index contributed by atoms with van der Waals surface area (Å²) in [4.78, 5) is 36.2. The molecule has 0 unspecified atom stereocenters. The molecule has 33 heavy (non-hydrogen) atoms. The van der Waals surface area contributed by atoms with Crippen LogP contribution in [0.1, 0.15) is 57.1 Å². The number of hydrogen-bond donors (Lipinski definition) is 3.